The number of aromatic nitrogens is 1. The van der Waals surface area contributed by atoms with Gasteiger partial charge in [0.05, 0.1) is 16.1 Å². The van der Waals surface area contributed by atoms with Gasteiger partial charge in [-0.15, -0.1) is 0 Å². The highest BCUT2D eigenvalue weighted by molar-refractivity contribution is 6.31. The number of amides is 1. The minimum atomic E-state index is -4.65. The highest BCUT2D eigenvalue weighted by Gasteiger charge is 2.33. The van der Waals surface area contributed by atoms with Crippen molar-refractivity contribution >= 4 is 34.1 Å². The van der Waals surface area contributed by atoms with Crippen molar-refractivity contribution in [2.45, 2.75) is 25.6 Å². The van der Waals surface area contributed by atoms with Gasteiger partial charge in [0.1, 0.15) is 5.56 Å². The molecule has 2 aromatic carbocycles. The van der Waals surface area contributed by atoms with Crippen molar-refractivity contribution in [2.75, 3.05) is 5.32 Å². The second-order valence-electron chi connectivity index (χ2n) is 6.79. The van der Waals surface area contributed by atoms with E-state index in [0.29, 0.717) is 5.39 Å². The maximum Gasteiger partial charge on any atom is 0.417 e. The molecule has 1 aliphatic rings. The molecule has 0 spiro atoms. The minimum absolute atomic E-state index is 0.0689. The van der Waals surface area contributed by atoms with Crippen LogP contribution in [0.1, 0.15) is 34.5 Å². The molecular weight excluding hydrogens is 393 g/mol. The molecule has 28 heavy (non-hydrogen) atoms. The average molecular weight is 407 g/mol. The van der Waals surface area contributed by atoms with Crippen molar-refractivity contribution in [3.8, 4) is 0 Å². The summed E-state index contributed by atoms with van der Waals surface area (Å²) in [4.78, 5) is 25.5. The normalized spacial score (nSPS) is 15.8. The number of hydrogen-bond acceptors (Lipinski definition) is 2. The fraction of sp³-hybridized carbons (Fsp3) is 0.200. The van der Waals surface area contributed by atoms with Crippen LogP contribution < -0.4 is 10.7 Å². The number of para-hydroxylation sites is 1. The summed E-state index contributed by atoms with van der Waals surface area (Å²) < 4.78 is 40.9. The highest BCUT2D eigenvalue weighted by Crippen LogP contribution is 2.36. The van der Waals surface area contributed by atoms with E-state index in [-0.39, 0.29) is 17.3 Å². The van der Waals surface area contributed by atoms with Crippen molar-refractivity contribution in [2.24, 2.45) is 0 Å². The van der Waals surface area contributed by atoms with E-state index in [1.807, 2.05) is 17.6 Å². The van der Waals surface area contributed by atoms with E-state index >= 15 is 0 Å². The summed E-state index contributed by atoms with van der Waals surface area (Å²) in [7, 11) is 0. The second kappa shape index (κ2) is 6.38. The molecule has 4 rings (SSSR count). The molecule has 144 valence electrons. The molecule has 0 saturated carbocycles. The van der Waals surface area contributed by atoms with Crippen LogP contribution in [0.15, 0.2) is 47.4 Å². The summed E-state index contributed by atoms with van der Waals surface area (Å²) in [6.07, 6.45) is -2.44. The molecular formula is C20H14ClF3N2O2. The molecule has 1 N–H and O–H groups in total. The molecule has 1 unspecified atom stereocenters. The van der Waals surface area contributed by atoms with Crippen LogP contribution in [0.2, 0.25) is 5.02 Å². The van der Waals surface area contributed by atoms with Crippen molar-refractivity contribution in [3.05, 3.63) is 74.5 Å². The van der Waals surface area contributed by atoms with Crippen LogP contribution >= 0.6 is 11.6 Å². The van der Waals surface area contributed by atoms with Gasteiger partial charge in [-0.3, -0.25) is 9.59 Å². The number of carbonyl (C=O) groups excluding carboxylic acids is 1. The van der Waals surface area contributed by atoms with Crippen LogP contribution in [-0.2, 0) is 12.6 Å². The Hall–Kier alpha value is -2.80. The van der Waals surface area contributed by atoms with Gasteiger partial charge in [0.25, 0.3) is 5.91 Å². The lowest BCUT2D eigenvalue weighted by Crippen LogP contribution is -2.24. The lowest BCUT2D eigenvalue weighted by Gasteiger charge is -2.14. The Morgan fingerprint density at radius 1 is 1.25 bits per heavy atom. The fourth-order valence-corrected chi connectivity index (χ4v) is 3.82. The van der Waals surface area contributed by atoms with E-state index in [4.69, 9.17) is 11.6 Å². The molecule has 1 amide bonds. The van der Waals surface area contributed by atoms with Gasteiger partial charge >= 0.3 is 6.18 Å². The number of pyridine rings is 1. The quantitative estimate of drug-likeness (QED) is 0.648. The van der Waals surface area contributed by atoms with Crippen LogP contribution in [-0.4, -0.2) is 10.5 Å². The summed E-state index contributed by atoms with van der Waals surface area (Å²) in [6, 6.07) is 8.48. The Morgan fingerprint density at radius 2 is 2.00 bits per heavy atom. The Bertz CT molecular complexity index is 1180. The number of alkyl halides is 3. The van der Waals surface area contributed by atoms with Gasteiger partial charge in [-0.05, 0) is 43.2 Å². The Labute approximate surface area is 162 Å². The number of nitrogens with one attached hydrogen (secondary N) is 1. The van der Waals surface area contributed by atoms with Gasteiger partial charge in [0.15, 0.2) is 0 Å². The van der Waals surface area contributed by atoms with E-state index in [9.17, 15) is 22.8 Å². The molecule has 0 saturated heterocycles. The first-order chi connectivity index (χ1) is 13.2. The molecule has 0 fully saturated rings. The van der Waals surface area contributed by atoms with Crippen molar-refractivity contribution in [1.29, 1.82) is 0 Å². The third-order valence-electron chi connectivity index (χ3n) is 4.90. The third-order valence-corrected chi connectivity index (χ3v) is 5.23. The lowest BCUT2D eigenvalue weighted by atomic mass is 10.1. The molecule has 8 heteroatoms. The zero-order valence-corrected chi connectivity index (χ0v) is 15.4. The summed E-state index contributed by atoms with van der Waals surface area (Å²) in [5.74, 6) is -0.768. The van der Waals surface area contributed by atoms with Gasteiger partial charge < -0.3 is 9.88 Å². The molecule has 4 nitrogen and oxygen atoms in total. The average Bonchev–Trinajstić information content (AvgIpc) is 2.95. The standard InChI is InChI=1S/C20H14ClF3N2O2/c1-10-7-11-3-2-4-13-17(11)26(10)9-14(18(13)27)19(28)25-12-5-6-16(21)15(8-12)20(22,23)24/h2-6,8-10H,7H2,1H3,(H,25,28). The highest BCUT2D eigenvalue weighted by atomic mass is 35.5. The predicted molar refractivity (Wildman–Crippen MR) is 101 cm³/mol. The maximum absolute atomic E-state index is 13.0. The van der Waals surface area contributed by atoms with E-state index < -0.39 is 28.1 Å². The SMILES string of the molecule is CC1Cc2cccc3c(=O)c(C(=O)Nc4ccc(Cl)c(C(F)(F)F)c4)cn1c23. The molecule has 1 atom stereocenters. The number of nitrogens with zero attached hydrogens (tertiary/aromatic N) is 1. The van der Waals surface area contributed by atoms with Gasteiger partial charge in [-0.2, -0.15) is 13.2 Å². The molecule has 3 aromatic rings. The summed E-state index contributed by atoms with van der Waals surface area (Å²) in [5, 5.41) is 2.33. The number of carbonyl (C=O) groups is 1. The molecule has 0 aliphatic carbocycles. The number of benzene rings is 2. The molecule has 0 bridgehead atoms. The van der Waals surface area contributed by atoms with Crippen molar-refractivity contribution < 1.29 is 18.0 Å². The zero-order valence-electron chi connectivity index (χ0n) is 14.6. The topological polar surface area (TPSA) is 51.1 Å². The van der Waals surface area contributed by atoms with Gasteiger partial charge in [0, 0.05) is 23.3 Å². The first-order valence-electron chi connectivity index (χ1n) is 8.51. The minimum Gasteiger partial charge on any atom is -0.343 e. The van der Waals surface area contributed by atoms with Crippen molar-refractivity contribution in [1.82, 2.24) is 4.57 Å². The van der Waals surface area contributed by atoms with Crippen LogP contribution in [0.4, 0.5) is 18.9 Å². The molecule has 0 radical (unpaired) electrons. The largest absolute Gasteiger partial charge is 0.417 e. The second-order valence-corrected chi connectivity index (χ2v) is 7.20. The monoisotopic (exact) mass is 406 g/mol. The number of hydrogen-bond donors (Lipinski definition) is 1. The van der Waals surface area contributed by atoms with Gasteiger partial charge in [-0.25, -0.2) is 0 Å². The Morgan fingerprint density at radius 3 is 2.71 bits per heavy atom. The molecule has 2 heterocycles. The van der Waals surface area contributed by atoms with Crippen LogP contribution in [0.5, 0.6) is 0 Å². The van der Waals surface area contributed by atoms with Gasteiger partial charge in [0.2, 0.25) is 5.43 Å². The first-order valence-corrected chi connectivity index (χ1v) is 8.89. The fourth-order valence-electron chi connectivity index (χ4n) is 3.60. The van der Waals surface area contributed by atoms with Crippen molar-refractivity contribution in [3.63, 3.8) is 0 Å². The van der Waals surface area contributed by atoms with E-state index in [1.165, 1.54) is 12.3 Å². The Kier molecular flexibility index (Phi) is 4.23. The third kappa shape index (κ3) is 2.96. The zero-order chi connectivity index (χ0) is 20.2. The maximum atomic E-state index is 13.0. The summed E-state index contributed by atoms with van der Waals surface area (Å²) in [5.41, 5.74) is 0.0964. The van der Waals surface area contributed by atoms with Gasteiger partial charge in [-0.1, -0.05) is 23.7 Å². The molecule has 1 aliphatic heterocycles. The van der Waals surface area contributed by atoms with Crippen LogP contribution in [0.25, 0.3) is 10.9 Å². The Balaban J connectivity index is 1.76. The summed E-state index contributed by atoms with van der Waals surface area (Å²) in [6.45, 7) is 1.97. The van der Waals surface area contributed by atoms with E-state index in [0.717, 1.165) is 29.6 Å². The number of rotatable bonds is 2. The van der Waals surface area contributed by atoms with E-state index in [2.05, 4.69) is 5.32 Å². The number of halogens is 4. The predicted octanol–water partition coefficient (Wildman–Crippen LogP) is 5.04. The lowest BCUT2D eigenvalue weighted by molar-refractivity contribution is -0.137. The van der Waals surface area contributed by atoms with Crippen LogP contribution in [0, 0.1) is 0 Å². The van der Waals surface area contributed by atoms with Crippen LogP contribution in [0.3, 0.4) is 0 Å². The number of anilines is 1. The smallest absolute Gasteiger partial charge is 0.343 e. The molecule has 1 aromatic heterocycles. The summed E-state index contributed by atoms with van der Waals surface area (Å²) >= 11 is 5.60. The first kappa shape index (κ1) is 18.6. The van der Waals surface area contributed by atoms with E-state index in [1.54, 1.807) is 12.1 Å².